The number of rotatable bonds is 4. The Morgan fingerprint density at radius 3 is 2.82 bits per heavy atom. The van der Waals surface area contributed by atoms with Gasteiger partial charge in [0.05, 0.1) is 0 Å². The summed E-state index contributed by atoms with van der Waals surface area (Å²) in [5.74, 6) is 2.33. The molecule has 0 amide bonds. The second-order valence-electron chi connectivity index (χ2n) is 3.74. The molecular formula is C13H14ClNO2. The molecular weight excluding hydrogens is 238 g/mol. The van der Waals surface area contributed by atoms with Crippen LogP contribution in [0, 0.1) is 6.92 Å². The molecule has 1 heterocycles. The van der Waals surface area contributed by atoms with Crippen LogP contribution < -0.4 is 10.5 Å². The third kappa shape index (κ3) is 3.02. The van der Waals surface area contributed by atoms with Crippen LogP contribution in [0.2, 0.25) is 5.02 Å². The molecule has 0 aliphatic carbocycles. The number of hydrogen-bond acceptors (Lipinski definition) is 3. The zero-order chi connectivity index (χ0) is 12.3. The average molecular weight is 252 g/mol. The number of furan rings is 1. The van der Waals surface area contributed by atoms with E-state index < -0.39 is 0 Å². The Balaban J connectivity index is 2.02. The van der Waals surface area contributed by atoms with Gasteiger partial charge in [0.25, 0.3) is 0 Å². The summed E-state index contributed by atoms with van der Waals surface area (Å²) in [4.78, 5) is 0. The monoisotopic (exact) mass is 251 g/mol. The third-order valence-corrected chi connectivity index (χ3v) is 2.70. The summed E-state index contributed by atoms with van der Waals surface area (Å²) in [5.41, 5.74) is 6.58. The lowest BCUT2D eigenvalue weighted by Crippen LogP contribution is -1.96. The molecule has 0 saturated heterocycles. The van der Waals surface area contributed by atoms with Gasteiger partial charge in [-0.2, -0.15) is 0 Å². The molecule has 2 rings (SSSR count). The number of benzene rings is 1. The highest BCUT2D eigenvalue weighted by molar-refractivity contribution is 6.30. The van der Waals surface area contributed by atoms with Crippen molar-refractivity contribution in [2.45, 2.75) is 20.1 Å². The van der Waals surface area contributed by atoms with Crippen molar-refractivity contribution >= 4 is 11.6 Å². The van der Waals surface area contributed by atoms with Crippen LogP contribution in [0.1, 0.15) is 17.1 Å². The van der Waals surface area contributed by atoms with Crippen molar-refractivity contribution in [3.05, 3.63) is 52.4 Å². The molecule has 0 bridgehead atoms. The maximum atomic E-state index is 5.86. The topological polar surface area (TPSA) is 48.4 Å². The Kier molecular flexibility index (Phi) is 3.71. The van der Waals surface area contributed by atoms with Gasteiger partial charge >= 0.3 is 0 Å². The zero-order valence-corrected chi connectivity index (χ0v) is 10.3. The molecule has 0 unspecified atom stereocenters. The van der Waals surface area contributed by atoms with E-state index >= 15 is 0 Å². The molecule has 0 saturated carbocycles. The molecule has 2 aromatic rings. The Labute approximate surface area is 105 Å². The van der Waals surface area contributed by atoms with Crippen molar-refractivity contribution in [3.8, 4) is 5.75 Å². The predicted octanol–water partition coefficient (Wildman–Crippen LogP) is 3.28. The van der Waals surface area contributed by atoms with Gasteiger partial charge in [0.1, 0.15) is 23.9 Å². The first kappa shape index (κ1) is 12.0. The molecule has 0 spiro atoms. The second kappa shape index (κ2) is 5.25. The molecule has 3 nitrogen and oxygen atoms in total. The molecule has 1 aromatic carbocycles. The summed E-state index contributed by atoms with van der Waals surface area (Å²) in [5, 5.41) is 0.653. The molecule has 4 heteroatoms. The van der Waals surface area contributed by atoms with E-state index in [0.29, 0.717) is 18.2 Å². The maximum absolute atomic E-state index is 5.86. The minimum Gasteiger partial charge on any atom is -0.486 e. The van der Waals surface area contributed by atoms with Gasteiger partial charge in [0, 0.05) is 17.1 Å². The van der Waals surface area contributed by atoms with E-state index in [1.165, 1.54) is 0 Å². The first-order valence-corrected chi connectivity index (χ1v) is 5.73. The van der Waals surface area contributed by atoms with Gasteiger partial charge in [-0.05, 0) is 31.2 Å². The van der Waals surface area contributed by atoms with E-state index in [1.54, 1.807) is 12.1 Å². The highest BCUT2D eigenvalue weighted by atomic mass is 35.5. The average Bonchev–Trinajstić information content (AvgIpc) is 2.67. The van der Waals surface area contributed by atoms with Gasteiger partial charge in [-0.25, -0.2) is 0 Å². The van der Waals surface area contributed by atoms with E-state index in [4.69, 9.17) is 26.5 Å². The fraction of sp³-hybridized carbons (Fsp3) is 0.231. The van der Waals surface area contributed by atoms with Gasteiger partial charge in [-0.15, -0.1) is 0 Å². The Hall–Kier alpha value is -1.45. The van der Waals surface area contributed by atoms with Crippen LogP contribution in [0.25, 0.3) is 0 Å². The predicted molar refractivity (Wildman–Crippen MR) is 67.1 cm³/mol. The molecule has 0 radical (unpaired) electrons. The molecule has 90 valence electrons. The lowest BCUT2D eigenvalue weighted by molar-refractivity contribution is 0.267. The summed E-state index contributed by atoms with van der Waals surface area (Å²) in [6.45, 7) is 2.75. The SMILES string of the molecule is Cc1oc(COc2cccc(Cl)c2)cc1CN. The first-order chi connectivity index (χ1) is 8.19. The Bertz CT molecular complexity index is 508. The fourth-order valence-electron chi connectivity index (χ4n) is 1.57. The van der Waals surface area contributed by atoms with Crippen molar-refractivity contribution in [1.82, 2.24) is 0 Å². The third-order valence-electron chi connectivity index (χ3n) is 2.47. The zero-order valence-electron chi connectivity index (χ0n) is 9.57. The molecule has 0 atom stereocenters. The number of aryl methyl sites for hydroxylation is 1. The lowest BCUT2D eigenvalue weighted by atomic mass is 10.2. The minimum absolute atomic E-state index is 0.376. The van der Waals surface area contributed by atoms with Gasteiger partial charge < -0.3 is 14.9 Å². The van der Waals surface area contributed by atoms with Gasteiger partial charge in [-0.3, -0.25) is 0 Å². The van der Waals surface area contributed by atoms with E-state index in [-0.39, 0.29) is 0 Å². The summed E-state index contributed by atoms with van der Waals surface area (Å²) in [6, 6.07) is 9.18. The molecule has 17 heavy (non-hydrogen) atoms. The number of halogens is 1. The first-order valence-electron chi connectivity index (χ1n) is 5.35. The maximum Gasteiger partial charge on any atom is 0.146 e. The normalized spacial score (nSPS) is 10.5. The van der Waals surface area contributed by atoms with Crippen LogP contribution in [0.15, 0.2) is 34.7 Å². The van der Waals surface area contributed by atoms with Crippen LogP contribution in [-0.2, 0) is 13.2 Å². The van der Waals surface area contributed by atoms with Gasteiger partial charge in [0.15, 0.2) is 0 Å². The van der Waals surface area contributed by atoms with Crippen molar-refractivity contribution in [3.63, 3.8) is 0 Å². The van der Waals surface area contributed by atoms with Crippen LogP contribution in [0.4, 0.5) is 0 Å². The molecule has 2 N–H and O–H groups in total. The van der Waals surface area contributed by atoms with Crippen LogP contribution >= 0.6 is 11.6 Å². The molecule has 0 aliphatic heterocycles. The summed E-state index contributed by atoms with van der Waals surface area (Å²) in [7, 11) is 0. The standard InChI is InChI=1S/C13H14ClNO2/c1-9-10(7-15)5-13(17-9)8-16-12-4-2-3-11(14)6-12/h2-6H,7-8,15H2,1H3. The summed E-state index contributed by atoms with van der Waals surface area (Å²) < 4.78 is 11.1. The van der Waals surface area contributed by atoms with Gasteiger partial charge in [0.2, 0.25) is 0 Å². The minimum atomic E-state index is 0.376. The number of hydrogen-bond donors (Lipinski definition) is 1. The largest absolute Gasteiger partial charge is 0.486 e. The lowest BCUT2D eigenvalue weighted by Gasteiger charge is -2.03. The smallest absolute Gasteiger partial charge is 0.146 e. The van der Waals surface area contributed by atoms with E-state index in [1.807, 2.05) is 25.1 Å². The molecule has 0 fully saturated rings. The fourth-order valence-corrected chi connectivity index (χ4v) is 1.75. The van der Waals surface area contributed by atoms with Crippen LogP contribution in [-0.4, -0.2) is 0 Å². The molecule has 1 aromatic heterocycles. The van der Waals surface area contributed by atoms with Crippen LogP contribution in [0.3, 0.4) is 0 Å². The Morgan fingerprint density at radius 2 is 2.18 bits per heavy atom. The van der Waals surface area contributed by atoms with E-state index in [2.05, 4.69) is 0 Å². The summed E-state index contributed by atoms with van der Waals surface area (Å²) in [6.07, 6.45) is 0. The van der Waals surface area contributed by atoms with Crippen molar-refractivity contribution in [2.75, 3.05) is 0 Å². The highest BCUT2D eigenvalue weighted by Gasteiger charge is 2.06. The van der Waals surface area contributed by atoms with Crippen molar-refractivity contribution in [1.29, 1.82) is 0 Å². The Morgan fingerprint density at radius 1 is 1.35 bits per heavy atom. The quantitative estimate of drug-likeness (QED) is 0.907. The van der Waals surface area contributed by atoms with E-state index in [0.717, 1.165) is 22.8 Å². The second-order valence-corrected chi connectivity index (χ2v) is 4.18. The molecule has 0 aliphatic rings. The van der Waals surface area contributed by atoms with Crippen LogP contribution in [0.5, 0.6) is 5.75 Å². The highest BCUT2D eigenvalue weighted by Crippen LogP contribution is 2.20. The number of nitrogens with two attached hydrogens (primary N) is 1. The van der Waals surface area contributed by atoms with E-state index in [9.17, 15) is 0 Å². The summed E-state index contributed by atoms with van der Waals surface area (Å²) >= 11 is 5.86. The number of ether oxygens (including phenoxy) is 1. The van der Waals surface area contributed by atoms with Gasteiger partial charge in [-0.1, -0.05) is 17.7 Å². The van der Waals surface area contributed by atoms with Crippen molar-refractivity contribution in [2.24, 2.45) is 5.73 Å². The van der Waals surface area contributed by atoms with Crippen molar-refractivity contribution < 1.29 is 9.15 Å².